The monoisotopic (exact) mass is 417 g/mol. The molecule has 0 aliphatic heterocycles. The Kier molecular flexibility index (Phi) is 6.15. The van der Waals surface area contributed by atoms with Crippen molar-refractivity contribution >= 4 is 17.5 Å². The Bertz CT molecular complexity index is 1070. The maximum absolute atomic E-state index is 13.3. The fourth-order valence-electron chi connectivity index (χ4n) is 3.16. The van der Waals surface area contributed by atoms with Gasteiger partial charge in [0.25, 0.3) is 5.91 Å². The number of benzene rings is 1. The summed E-state index contributed by atoms with van der Waals surface area (Å²) in [6.07, 6.45) is 10.3. The van der Waals surface area contributed by atoms with Crippen LogP contribution in [0.25, 0.3) is 0 Å². The molecule has 6 nitrogen and oxygen atoms in total. The summed E-state index contributed by atoms with van der Waals surface area (Å²) < 4.78 is 1.73. The van der Waals surface area contributed by atoms with E-state index in [4.69, 9.17) is 11.6 Å². The van der Waals surface area contributed by atoms with Crippen molar-refractivity contribution in [1.29, 1.82) is 0 Å². The summed E-state index contributed by atoms with van der Waals surface area (Å²) in [5, 5.41) is 5.04. The van der Waals surface area contributed by atoms with E-state index in [9.17, 15) is 4.79 Å². The molecule has 0 saturated carbocycles. The third-order valence-electron chi connectivity index (χ3n) is 4.68. The summed E-state index contributed by atoms with van der Waals surface area (Å²) in [6.45, 7) is 1.41. The van der Waals surface area contributed by atoms with Crippen LogP contribution in [-0.4, -0.2) is 30.6 Å². The van der Waals surface area contributed by atoms with Crippen LogP contribution >= 0.6 is 11.6 Å². The van der Waals surface area contributed by atoms with Crippen molar-refractivity contribution in [2.75, 3.05) is 0 Å². The summed E-state index contributed by atoms with van der Waals surface area (Å²) in [5.41, 5.74) is 3.44. The summed E-state index contributed by atoms with van der Waals surface area (Å²) >= 11 is 6.25. The number of nitrogens with zero attached hydrogens (tertiary/aromatic N) is 5. The number of hydrogen-bond acceptors (Lipinski definition) is 4. The van der Waals surface area contributed by atoms with Gasteiger partial charge in [-0.2, -0.15) is 5.10 Å². The lowest BCUT2D eigenvalue weighted by molar-refractivity contribution is 0.0729. The summed E-state index contributed by atoms with van der Waals surface area (Å²) in [5.74, 6) is -0.0962. The number of amides is 1. The fraction of sp³-hybridized carbons (Fsp3) is 0.130. The number of rotatable bonds is 7. The Labute approximate surface area is 179 Å². The molecule has 0 atom stereocenters. The van der Waals surface area contributed by atoms with Crippen molar-refractivity contribution in [3.63, 3.8) is 0 Å². The second-order valence-corrected chi connectivity index (χ2v) is 7.30. The zero-order chi connectivity index (χ0) is 20.8. The van der Waals surface area contributed by atoms with Gasteiger partial charge in [-0.3, -0.25) is 19.4 Å². The molecule has 0 unspecified atom stereocenters. The van der Waals surface area contributed by atoms with Gasteiger partial charge in [0.2, 0.25) is 0 Å². The van der Waals surface area contributed by atoms with E-state index in [1.165, 1.54) is 0 Å². The molecular weight excluding hydrogens is 398 g/mol. The van der Waals surface area contributed by atoms with Crippen LogP contribution in [0.5, 0.6) is 0 Å². The molecule has 3 aromatic heterocycles. The van der Waals surface area contributed by atoms with Gasteiger partial charge < -0.3 is 4.90 Å². The second-order valence-electron chi connectivity index (χ2n) is 6.90. The summed E-state index contributed by atoms with van der Waals surface area (Å²) in [6, 6.07) is 15.3. The molecule has 0 aliphatic rings. The lowest BCUT2D eigenvalue weighted by Gasteiger charge is -2.22. The van der Waals surface area contributed by atoms with Crippen LogP contribution in [0.1, 0.15) is 27.0 Å². The van der Waals surface area contributed by atoms with Gasteiger partial charge in [-0.25, -0.2) is 0 Å². The zero-order valence-electron chi connectivity index (χ0n) is 16.2. The molecule has 0 aliphatic carbocycles. The van der Waals surface area contributed by atoms with E-state index in [2.05, 4.69) is 15.1 Å². The number of hydrogen-bond donors (Lipinski definition) is 0. The maximum atomic E-state index is 13.3. The quantitative estimate of drug-likeness (QED) is 0.451. The molecule has 1 amide bonds. The predicted molar refractivity (Wildman–Crippen MR) is 115 cm³/mol. The first-order chi connectivity index (χ1) is 14.7. The first-order valence-electron chi connectivity index (χ1n) is 9.52. The highest BCUT2D eigenvalue weighted by atomic mass is 35.5. The zero-order valence-corrected chi connectivity index (χ0v) is 17.0. The van der Waals surface area contributed by atoms with Crippen molar-refractivity contribution in [2.45, 2.75) is 19.6 Å². The average Bonchev–Trinajstić information content (AvgIpc) is 3.24. The van der Waals surface area contributed by atoms with Crippen LogP contribution in [0.15, 0.2) is 85.7 Å². The minimum atomic E-state index is -0.0962. The number of carbonyl (C=O) groups is 1. The highest BCUT2D eigenvalue weighted by Gasteiger charge is 2.19. The predicted octanol–water partition coefficient (Wildman–Crippen LogP) is 4.22. The molecule has 7 heteroatoms. The van der Waals surface area contributed by atoms with Crippen LogP contribution in [0, 0.1) is 0 Å². The normalized spacial score (nSPS) is 10.7. The molecule has 150 valence electrons. The highest BCUT2D eigenvalue weighted by molar-refractivity contribution is 6.31. The van der Waals surface area contributed by atoms with Gasteiger partial charge in [0, 0.05) is 49.1 Å². The number of aromatic nitrogens is 4. The number of halogens is 1. The SMILES string of the molecule is O=C(c1cnn(Cc2ccccc2Cl)c1)N(Cc1ccncc1)Cc1cccnc1. The van der Waals surface area contributed by atoms with E-state index in [-0.39, 0.29) is 5.91 Å². The molecule has 4 aromatic rings. The lowest BCUT2D eigenvalue weighted by atomic mass is 10.2. The molecule has 0 fully saturated rings. The standard InChI is InChI=1S/C23H20ClN5O/c24-22-6-2-1-5-20(22)16-29-17-21(13-27-29)23(30)28(14-18-7-10-25-11-8-18)15-19-4-3-9-26-12-19/h1-13,17H,14-16H2. The van der Waals surface area contributed by atoms with Gasteiger partial charge in [0.1, 0.15) is 0 Å². The molecule has 0 bridgehead atoms. The first-order valence-corrected chi connectivity index (χ1v) is 9.90. The molecule has 1 aromatic carbocycles. The van der Waals surface area contributed by atoms with Gasteiger partial charge in [-0.15, -0.1) is 0 Å². The van der Waals surface area contributed by atoms with E-state index in [0.717, 1.165) is 16.7 Å². The minimum Gasteiger partial charge on any atom is -0.330 e. The Morgan fingerprint density at radius 2 is 1.70 bits per heavy atom. The van der Waals surface area contributed by atoms with Gasteiger partial charge in [-0.1, -0.05) is 35.9 Å². The van der Waals surface area contributed by atoms with E-state index in [1.807, 2.05) is 48.5 Å². The molecule has 0 N–H and O–H groups in total. The fourth-order valence-corrected chi connectivity index (χ4v) is 3.36. The molecule has 0 spiro atoms. The molecular formula is C23H20ClN5O. The third kappa shape index (κ3) is 4.90. The van der Waals surface area contributed by atoms with Crippen LogP contribution in [-0.2, 0) is 19.6 Å². The van der Waals surface area contributed by atoms with E-state index < -0.39 is 0 Å². The lowest BCUT2D eigenvalue weighted by Crippen LogP contribution is -2.30. The minimum absolute atomic E-state index is 0.0962. The van der Waals surface area contributed by atoms with Crippen molar-refractivity contribution < 1.29 is 4.79 Å². The van der Waals surface area contributed by atoms with Crippen molar-refractivity contribution in [3.05, 3.63) is 113 Å². The molecule has 4 rings (SSSR count). The summed E-state index contributed by atoms with van der Waals surface area (Å²) in [4.78, 5) is 23.3. The van der Waals surface area contributed by atoms with Crippen LogP contribution < -0.4 is 0 Å². The Hall–Kier alpha value is -3.51. The smallest absolute Gasteiger partial charge is 0.257 e. The van der Waals surface area contributed by atoms with Crippen LogP contribution in [0.2, 0.25) is 5.02 Å². The van der Waals surface area contributed by atoms with Crippen molar-refractivity contribution in [2.24, 2.45) is 0 Å². The van der Waals surface area contributed by atoms with Gasteiger partial charge in [0.15, 0.2) is 0 Å². The number of carbonyl (C=O) groups excluding carboxylic acids is 1. The molecule has 30 heavy (non-hydrogen) atoms. The summed E-state index contributed by atoms with van der Waals surface area (Å²) in [7, 11) is 0. The Morgan fingerprint density at radius 1 is 0.900 bits per heavy atom. The molecule has 3 heterocycles. The average molecular weight is 418 g/mol. The Morgan fingerprint density at radius 3 is 2.47 bits per heavy atom. The van der Waals surface area contributed by atoms with E-state index in [1.54, 1.807) is 46.8 Å². The maximum Gasteiger partial charge on any atom is 0.257 e. The molecule has 0 saturated heterocycles. The third-order valence-corrected chi connectivity index (χ3v) is 5.05. The first kappa shape index (κ1) is 19.8. The van der Waals surface area contributed by atoms with Crippen LogP contribution in [0.3, 0.4) is 0 Å². The number of pyridine rings is 2. The molecule has 0 radical (unpaired) electrons. The van der Waals surface area contributed by atoms with Crippen LogP contribution in [0.4, 0.5) is 0 Å². The second kappa shape index (κ2) is 9.33. The van der Waals surface area contributed by atoms with Gasteiger partial charge in [-0.05, 0) is 41.0 Å². The highest BCUT2D eigenvalue weighted by Crippen LogP contribution is 2.17. The van der Waals surface area contributed by atoms with Gasteiger partial charge >= 0.3 is 0 Å². The van der Waals surface area contributed by atoms with E-state index in [0.29, 0.717) is 30.2 Å². The Balaban J connectivity index is 1.55. The van der Waals surface area contributed by atoms with Crippen molar-refractivity contribution in [3.8, 4) is 0 Å². The topological polar surface area (TPSA) is 63.9 Å². The van der Waals surface area contributed by atoms with Crippen molar-refractivity contribution in [1.82, 2.24) is 24.6 Å². The van der Waals surface area contributed by atoms with E-state index >= 15 is 0 Å². The largest absolute Gasteiger partial charge is 0.330 e. The van der Waals surface area contributed by atoms with Gasteiger partial charge in [0.05, 0.1) is 18.3 Å².